The van der Waals surface area contributed by atoms with Gasteiger partial charge >= 0.3 is 0 Å². The van der Waals surface area contributed by atoms with Gasteiger partial charge in [0.1, 0.15) is 18.1 Å². The number of aryl methyl sites for hydroxylation is 1. The lowest BCUT2D eigenvalue weighted by Crippen LogP contribution is -2.10. The Labute approximate surface area is 203 Å². The lowest BCUT2D eigenvalue weighted by atomic mass is 9.79. The first-order chi connectivity index (χ1) is 16.4. The first kappa shape index (κ1) is 23.7. The topological polar surface area (TPSA) is 38.7 Å². The van der Waals surface area contributed by atoms with Gasteiger partial charge in [-0.25, -0.2) is 0 Å². The van der Waals surface area contributed by atoms with Gasteiger partial charge in [0.2, 0.25) is 0 Å². The predicted molar refractivity (Wildman–Crippen MR) is 140 cm³/mol. The molecule has 0 fully saturated rings. The van der Waals surface area contributed by atoms with Crippen LogP contribution in [-0.4, -0.2) is 12.2 Å². The lowest BCUT2D eigenvalue weighted by molar-refractivity contribution is 0.306. The molecule has 0 heterocycles. The molecule has 176 valence electrons. The Bertz CT molecular complexity index is 1200. The molecule has 3 aromatic rings. The minimum absolute atomic E-state index is 0.137. The molecule has 0 amide bonds. The summed E-state index contributed by atoms with van der Waals surface area (Å²) in [6, 6.07) is 23.0. The third-order valence-corrected chi connectivity index (χ3v) is 6.61. The SMILES string of the molecule is C=C(O)CCc1cccc(OCc2ccc(-c3cccc(OC)c3)c(C3=CCCC3(C)C)c2)c1. The molecule has 3 heteroatoms. The van der Waals surface area contributed by atoms with Crippen LogP contribution in [0, 0.1) is 5.41 Å². The fraction of sp³-hybridized carbons (Fsp3) is 0.290. The Morgan fingerprint density at radius 3 is 2.47 bits per heavy atom. The molecule has 34 heavy (non-hydrogen) atoms. The van der Waals surface area contributed by atoms with E-state index in [-0.39, 0.29) is 11.2 Å². The largest absolute Gasteiger partial charge is 0.513 e. The van der Waals surface area contributed by atoms with Gasteiger partial charge in [-0.05, 0) is 88.4 Å². The lowest BCUT2D eigenvalue weighted by Gasteiger charge is -2.25. The van der Waals surface area contributed by atoms with Crippen LogP contribution in [-0.2, 0) is 13.0 Å². The van der Waals surface area contributed by atoms with Gasteiger partial charge in [0.05, 0.1) is 12.9 Å². The number of allylic oxidation sites excluding steroid dienone is 3. The molecule has 0 aliphatic heterocycles. The summed E-state index contributed by atoms with van der Waals surface area (Å²) in [6.07, 6.45) is 5.96. The third-order valence-electron chi connectivity index (χ3n) is 6.61. The van der Waals surface area contributed by atoms with E-state index in [2.05, 4.69) is 56.8 Å². The fourth-order valence-electron chi connectivity index (χ4n) is 4.66. The Morgan fingerprint density at radius 1 is 0.941 bits per heavy atom. The highest BCUT2D eigenvalue weighted by Gasteiger charge is 2.30. The summed E-state index contributed by atoms with van der Waals surface area (Å²) in [5, 5.41) is 9.38. The van der Waals surface area contributed by atoms with Gasteiger partial charge in [-0.1, -0.05) is 62.9 Å². The average molecular weight is 455 g/mol. The molecule has 0 spiro atoms. The number of aliphatic hydroxyl groups is 1. The minimum Gasteiger partial charge on any atom is -0.513 e. The summed E-state index contributed by atoms with van der Waals surface area (Å²) in [7, 11) is 1.71. The normalized spacial score (nSPS) is 14.5. The second-order valence-electron chi connectivity index (χ2n) is 9.65. The molecular weight excluding hydrogens is 420 g/mol. The molecule has 0 atom stereocenters. The minimum atomic E-state index is 0.137. The predicted octanol–water partition coefficient (Wildman–Crippen LogP) is 8.15. The van der Waals surface area contributed by atoms with E-state index in [1.165, 1.54) is 16.7 Å². The highest BCUT2D eigenvalue weighted by atomic mass is 16.5. The highest BCUT2D eigenvalue weighted by molar-refractivity contribution is 5.85. The number of rotatable bonds is 9. The first-order valence-corrected chi connectivity index (χ1v) is 11.9. The van der Waals surface area contributed by atoms with Crippen LogP contribution in [0.2, 0.25) is 0 Å². The zero-order chi connectivity index (χ0) is 24.1. The van der Waals surface area contributed by atoms with Gasteiger partial charge in [-0.3, -0.25) is 0 Å². The van der Waals surface area contributed by atoms with Crippen molar-refractivity contribution in [3.8, 4) is 22.6 Å². The van der Waals surface area contributed by atoms with Crippen molar-refractivity contribution in [1.29, 1.82) is 0 Å². The maximum atomic E-state index is 9.38. The second kappa shape index (κ2) is 10.2. The van der Waals surface area contributed by atoms with Gasteiger partial charge in [0, 0.05) is 6.42 Å². The molecule has 1 aliphatic rings. The first-order valence-electron chi connectivity index (χ1n) is 11.9. The zero-order valence-electron chi connectivity index (χ0n) is 20.4. The van der Waals surface area contributed by atoms with E-state index < -0.39 is 0 Å². The van der Waals surface area contributed by atoms with Crippen molar-refractivity contribution in [3.63, 3.8) is 0 Å². The van der Waals surface area contributed by atoms with Crippen molar-refractivity contribution in [2.45, 2.75) is 46.1 Å². The number of methoxy groups -OCH3 is 1. The maximum absolute atomic E-state index is 9.38. The molecular formula is C31H34O3. The molecule has 1 aliphatic carbocycles. The Morgan fingerprint density at radius 2 is 1.74 bits per heavy atom. The fourth-order valence-corrected chi connectivity index (χ4v) is 4.66. The molecule has 3 aromatic carbocycles. The number of aliphatic hydroxyl groups excluding tert-OH is 1. The van der Waals surface area contributed by atoms with E-state index in [0.717, 1.165) is 47.5 Å². The second-order valence-corrected chi connectivity index (χ2v) is 9.65. The van der Waals surface area contributed by atoms with Crippen LogP contribution in [0.4, 0.5) is 0 Å². The Hall–Kier alpha value is -3.46. The van der Waals surface area contributed by atoms with Gasteiger partial charge < -0.3 is 14.6 Å². The highest BCUT2D eigenvalue weighted by Crippen LogP contribution is 2.47. The van der Waals surface area contributed by atoms with Gasteiger partial charge in [0.15, 0.2) is 0 Å². The number of ether oxygens (including phenoxy) is 2. The van der Waals surface area contributed by atoms with Crippen molar-refractivity contribution in [2.24, 2.45) is 5.41 Å². The zero-order valence-corrected chi connectivity index (χ0v) is 20.4. The third kappa shape index (κ3) is 5.53. The quantitative estimate of drug-likeness (QED) is 0.332. The van der Waals surface area contributed by atoms with Crippen LogP contribution in [0.15, 0.2) is 85.1 Å². The number of benzene rings is 3. The summed E-state index contributed by atoms with van der Waals surface area (Å²) in [4.78, 5) is 0. The van der Waals surface area contributed by atoms with E-state index in [4.69, 9.17) is 9.47 Å². The molecule has 0 radical (unpaired) electrons. The van der Waals surface area contributed by atoms with Crippen molar-refractivity contribution in [2.75, 3.05) is 7.11 Å². The van der Waals surface area contributed by atoms with Crippen molar-refractivity contribution in [3.05, 3.63) is 102 Å². The molecule has 0 unspecified atom stereocenters. The van der Waals surface area contributed by atoms with Crippen LogP contribution < -0.4 is 9.47 Å². The summed E-state index contributed by atoms with van der Waals surface area (Å²) in [5.74, 6) is 1.90. The van der Waals surface area contributed by atoms with E-state index >= 15 is 0 Å². The summed E-state index contributed by atoms with van der Waals surface area (Å²) in [5.41, 5.74) is 7.45. The molecule has 3 nitrogen and oxygen atoms in total. The van der Waals surface area contributed by atoms with E-state index in [1.807, 2.05) is 36.4 Å². The maximum Gasteiger partial charge on any atom is 0.120 e. The summed E-state index contributed by atoms with van der Waals surface area (Å²) >= 11 is 0. The molecule has 0 saturated carbocycles. The monoisotopic (exact) mass is 454 g/mol. The van der Waals surface area contributed by atoms with E-state index in [1.54, 1.807) is 7.11 Å². The average Bonchev–Trinajstić information content (AvgIpc) is 3.20. The van der Waals surface area contributed by atoms with Crippen LogP contribution in [0.1, 0.15) is 49.8 Å². The van der Waals surface area contributed by atoms with Crippen molar-refractivity contribution in [1.82, 2.24) is 0 Å². The molecule has 0 bridgehead atoms. The standard InChI is InChI=1S/C31H34O3/c1-22(32)13-14-23-8-5-11-27(18-23)34-21-24-15-16-28(25-9-6-10-26(20-25)33-4)29(19-24)30-12-7-17-31(30,2)3/h5-6,8-12,15-16,18-20,32H,1,7,13-14,17,21H2,2-4H3. The van der Waals surface area contributed by atoms with Gasteiger partial charge in [0.25, 0.3) is 0 Å². The molecule has 1 N–H and O–H groups in total. The van der Waals surface area contributed by atoms with Crippen LogP contribution in [0.3, 0.4) is 0 Å². The number of hydrogen-bond donors (Lipinski definition) is 1. The van der Waals surface area contributed by atoms with Crippen LogP contribution in [0.25, 0.3) is 16.7 Å². The smallest absolute Gasteiger partial charge is 0.120 e. The molecule has 4 rings (SSSR count). The van der Waals surface area contributed by atoms with Crippen LogP contribution >= 0.6 is 0 Å². The number of hydrogen-bond acceptors (Lipinski definition) is 3. The van der Waals surface area contributed by atoms with Crippen molar-refractivity contribution >= 4 is 5.57 Å². The van der Waals surface area contributed by atoms with Crippen LogP contribution in [0.5, 0.6) is 11.5 Å². The van der Waals surface area contributed by atoms with E-state index in [0.29, 0.717) is 13.0 Å². The summed E-state index contributed by atoms with van der Waals surface area (Å²) in [6.45, 7) is 8.73. The van der Waals surface area contributed by atoms with Gasteiger partial charge in [-0.2, -0.15) is 0 Å². The molecule has 0 aromatic heterocycles. The molecule has 0 saturated heterocycles. The Kier molecular flexibility index (Phi) is 7.12. The van der Waals surface area contributed by atoms with E-state index in [9.17, 15) is 5.11 Å². The summed E-state index contributed by atoms with van der Waals surface area (Å²) < 4.78 is 11.6. The Balaban J connectivity index is 1.62. The van der Waals surface area contributed by atoms with Crippen molar-refractivity contribution < 1.29 is 14.6 Å². The van der Waals surface area contributed by atoms with Gasteiger partial charge in [-0.15, -0.1) is 0 Å².